The van der Waals surface area contributed by atoms with E-state index in [1.165, 1.54) is 6.42 Å². The minimum absolute atomic E-state index is 0.489. The van der Waals surface area contributed by atoms with Crippen LogP contribution in [0.1, 0.15) is 31.7 Å². The number of hydrogen-bond donors (Lipinski definition) is 1. The van der Waals surface area contributed by atoms with Gasteiger partial charge in [0.25, 0.3) is 0 Å². The summed E-state index contributed by atoms with van der Waals surface area (Å²) in [5, 5.41) is 10.2. The minimum atomic E-state index is -0.489. The maximum Gasteiger partial charge on any atom is 0.0929 e. The molecule has 0 saturated heterocycles. The van der Waals surface area contributed by atoms with Gasteiger partial charge in [0.2, 0.25) is 0 Å². The summed E-state index contributed by atoms with van der Waals surface area (Å²) in [5.41, 5.74) is 0.602. The molecule has 0 bridgehead atoms. The molecule has 2 rings (SSSR count). The first-order valence-electron chi connectivity index (χ1n) is 5.05. The van der Waals surface area contributed by atoms with Crippen molar-refractivity contribution in [3.63, 3.8) is 0 Å². The molecule has 0 aromatic heterocycles. The highest BCUT2D eigenvalue weighted by Gasteiger charge is 2.52. The molecule has 1 aromatic rings. The average Bonchev–Trinajstić information content (AvgIpc) is 2.81. The summed E-state index contributed by atoms with van der Waals surface area (Å²) < 4.78 is 0. The summed E-state index contributed by atoms with van der Waals surface area (Å²) in [6.07, 6.45) is 3.26. The highest BCUT2D eigenvalue weighted by atomic mass is 16.3. The van der Waals surface area contributed by atoms with Crippen molar-refractivity contribution in [2.24, 2.45) is 5.92 Å². The van der Waals surface area contributed by atoms with Crippen molar-refractivity contribution >= 4 is 0 Å². The van der Waals surface area contributed by atoms with E-state index in [1.54, 1.807) is 0 Å². The van der Waals surface area contributed by atoms with Gasteiger partial charge in [0, 0.05) is 0 Å². The van der Waals surface area contributed by atoms with E-state index in [-0.39, 0.29) is 0 Å². The summed E-state index contributed by atoms with van der Waals surface area (Å²) >= 11 is 0. The lowest BCUT2D eigenvalue weighted by molar-refractivity contribution is 0.129. The molecule has 0 heterocycles. The minimum Gasteiger partial charge on any atom is -0.385 e. The van der Waals surface area contributed by atoms with Crippen LogP contribution in [0.4, 0.5) is 0 Å². The van der Waals surface area contributed by atoms with E-state index in [9.17, 15) is 5.11 Å². The summed E-state index contributed by atoms with van der Waals surface area (Å²) in [4.78, 5) is 0. The zero-order valence-electron chi connectivity index (χ0n) is 8.03. The van der Waals surface area contributed by atoms with Gasteiger partial charge in [-0.25, -0.2) is 0 Å². The van der Waals surface area contributed by atoms with Crippen LogP contribution in [0.2, 0.25) is 0 Å². The number of benzene rings is 1. The second-order valence-corrected chi connectivity index (χ2v) is 3.98. The van der Waals surface area contributed by atoms with Crippen molar-refractivity contribution in [1.82, 2.24) is 0 Å². The maximum absolute atomic E-state index is 10.2. The van der Waals surface area contributed by atoms with Crippen molar-refractivity contribution in [2.75, 3.05) is 0 Å². The third-order valence-corrected chi connectivity index (χ3v) is 2.98. The van der Waals surface area contributed by atoms with Crippen LogP contribution in [0.3, 0.4) is 0 Å². The van der Waals surface area contributed by atoms with Crippen LogP contribution in [0.25, 0.3) is 0 Å². The molecule has 0 amide bonds. The van der Waals surface area contributed by atoms with Crippen molar-refractivity contribution < 1.29 is 5.11 Å². The predicted octanol–water partition coefficient (Wildman–Crippen LogP) is 2.69. The largest absolute Gasteiger partial charge is 0.385 e. The average molecular weight is 176 g/mol. The summed E-state index contributed by atoms with van der Waals surface area (Å²) in [6.45, 7) is 2.17. The molecule has 1 heteroatoms. The maximum atomic E-state index is 10.2. The third kappa shape index (κ3) is 1.49. The Morgan fingerprint density at radius 1 is 1.38 bits per heavy atom. The van der Waals surface area contributed by atoms with E-state index in [0.29, 0.717) is 5.92 Å². The van der Waals surface area contributed by atoms with Crippen LogP contribution in [0, 0.1) is 5.92 Å². The molecule has 1 aliphatic carbocycles. The van der Waals surface area contributed by atoms with Crippen molar-refractivity contribution in [2.45, 2.75) is 31.8 Å². The Hall–Kier alpha value is -0.820. The zero-order valence-corrected chi connectivity index (χ0v) is 8.03. The topological polar surface area (TPSA) is 20.2 Å². The Bertz CT molecular complexity index is 280. The molecule has 2 atom stereocenters. The highest BCUT2D eigenvalue weighted by molar-refractivity contribution is 5.29. The molecule has 1 nitrogen and oxygen atoms in total. The van der Waals surface area contributed by atoms with Crippen LogP contribution in [-0.2, 0) is 5.60 Å². The molecule has 1 aliphatic rings. The van der Waals surface area contributed by atoms with Gasteiger partial charge in [-0.1, -0.05) is 43.7 Å². The van der Waals surface area contributed by atoms with Gasteiger partial charge in [0.1, 0.15) is 0 Å². The molecule has 0 radical (unpaired) electrons. The lowest BCUT2D eigenvalue weighted by Gasteiger charge is -2.09. The second-order valence-electron chi connectivity index (χ2n) is 3.98. The fourth-order valence-electron chi connectivity index (χ4n) is 2.09. The Kier molecular flexibility index (Phi) is 2.12. The molecule has 1 saturated carbocycles. The Labute approximate surface area is 79.4 Å². The van der Waals surface area contributed by atoms with Gasteiger partial charge >= 0.3 is 0 Å². The van der Waals surface area contributed by atoms with Crippen LogP contribution >= 0.6 is 0 Å². The van der Waals surface area contributed by atoms with Gasteiger partial charge in [-0.05, 0) is 24.3 Å². The van der Waals surface area contributed by atoms with Crippen LogP contribution in [-0.4, -0.2) is 5.11 Å². The van der Waals surface area contributed by atoms with E-state index >= 15 is 0 Å². The smallest absolute Gasteiger partial charge is 0.0929 e. The normalized spacial score (nSPS) is 31.7. The second kappa shape index (κ2) is 3.15. The SMILES string of the molecule is CCCC1CC1(O)c1ccccc1. The summed E-state index contributed by atoms with van der Waals surface area (Å²) in [7, 11) is 0. The van der Waals surface area contributed by atoms with E-state index in [4.69, 9.17) is 0 Å². The first-order chi connectivity index (χ1) is 6.27. The quantitative estimate of drug-likeness (QED) is 0.750. The zero-order chi connectivity index (χ0) is 9.31. The molecule has 70 valence electrons. The van der Waals surface area contributed by atoms with Crippen LogP contribution in [0.15, 0.2) is 30.3 Å². The molecule has 0 aliphatic heterocycles. The Morgan fingerprint density at radius 2 is 2.08 bits per heavy atom. The summed E-state index contributed by atoms with van der Waals surface area (Å²) in [6, 6.07) is 10.0. The van der Waals surface area contributed by atoms with Gasteiger partial charge < -0.3 is 5.11 Å². The molecular formula is C12H16O. The fraction of sp³-hybridized carbons (Fsp3) is 0.500. The van der Waals surface area contributed by atoms with E-state index in [2.05, 4.69) is 6.92 Å². The predicted molar refractivity (Wildman–Crippen MR) is 53.4 cm³/mol. The van der Waals surface area contributed by atoms with E-state index < -0.39 is 5.60 Å². The fourth-order valence-corrected chi connectivity index (χ4v) is 2.09. The van der Waals surface area contributed by atoms with Gasteiger partial charge in [-0.15, -0.1) is 0 Å². The Balaban J connectivity index is 2.11. The Morgan fingerprint density at radius 3 is 2.69 bits per heavy atom. The highest BCUT2D eigenvalue weighted by Crippen LogP contribution is 2.54. The molecule has 1 N–H and O–H groups in total. The molecule has 1 fully saturated rings. The van der Waals surface area contributed by atoms with Crippen molar-refractivity contribution in [3.8, 4) is 0 Å². The van der Waals surface area contributed by atoms with Crippen LogP contribution < -0.4 is 0 Å². The molecule has 2 unspecified atom stereocenters. The van der Waals surface area contributed by atoms with Crippen molar-refractivity contribution in [3.05, 3.63) is 35.9 Å². The molecule has 13 heavy (non-hydrogen) atoms. The lowest BCUT2D eigenvalue weighted by Crippen LogP contribution is -2.08. The number of hydrogen-bond acceptors (Lipinski definition) is 1. The van der Waals surface area contributed by atoms with Gasteiger partial charge in [-0.2, -0.15) is 0 Å². The van der Waals surface area contributed by atoms with E-state index in [1.807, 2.05) is 30.3 Å². The first-order valence-corrected chi connectivity index (χ1v) is 5.05. The van der Waals surface area contributed by atoms with Gasteiger partial charge in [0.15, 0.2) is 0 Å². The molecule has 0 spiro atoms. The van der Waals surface area contributed by atoms with Gasteiger partial charge in [-0.3, -0.25) is 0 Å². The lowest BCUT2D eigenvalue weighted by atomic mass is 10.0. The number of aliphatic hydroxyl groups is 1. The van der Waals surface area contributed by atoms with E-state index in [0.717, 1.165) is 18.4 Å². The monoisotopic (exact) mass is 176 g/mol. The first kappa shape index (κ1) is 8.76. The molecular weight excluding hydrogens is 160 g/mol. The van der Waals surface area contributed by atoms with Gasteiger partial charge in [0.05, 0.1) is 5.60 Å². The third-order valence-electron chi connectivity index (χ3n) is 2.98. The molecule has 1 aromatic carbocycles. The summed E-state index contributed by atoms with van der Waals surface area (Å²) in [5.74, 6) is 0.500. The van der Waals surface area contributed by atoms with Crippen molar-refractivity contribution in [1.29, 1.82) is 0 Å². The number of rotatable bonds is 3. The van der Waals surface area contributed by atoms with Crippen LogP contribution in [0.5, 0.6) is 0 Å². The standard InChI is InChI=1S/C12H16O/c1-2-6-11-9-12(11,13)10-7-4-3-5-8-10/h3-5,7-8,11,13H,2,6,9H2,1H3.